The van der Waals surface area contributed by atoms with Gasteiger partial charge in [-0.05, 0) is 61.2 Å². The van der Waals surface area contributed by atoms with Gasteiger partial charge in [0, 0.05) is 28.8 Å². The zero-order valence-electron chi connectivity index (χ0n) is 39.3. The van der Waals surface area contributed by atoms with Gasteiger partial charge in [-0.1, -0.05) is 96.2 Å². The summed E-state index contributed by atoms with van der Waals surface area (Å²) in [7, 11) is 4.20. The van der Waals surface area contributed by atoms with E-state index in [4.69, 9.17) is 33.5 Å². The Bertz CT molecular complexity index is 2680. The third kappa shape index (κ3) is 11.6. The summed E-state index contributed by atoms with van der Waals surface area (Å²) in [6, 6.07) is 33.7. The van der Waals surface area contributed by atoms with Crippen molar-refractivity contribution >= 4 is 63.8 Å². The normalized spacial score (nSPS) is 15.8. The molecule has 1 aromatic heterocycles. The largest absolute Gasteiger partial charge is 0.497 e. The van der Waals surface area contributed by atoms with Crippen molar-refractivity contribution in [2.45, 2.75) is 49.9 Å². The van der Waals surface area contributed by atoms with E-state index in [1.807, 2.05) is 91.0 Å². The second-order valence-electron chi connectivity index (χ2n) is 16.6. The van der Waals surface area contributed by atoms with Crippen LogP contribution in [0, 0.1) is 0 Å². The van der Waals surface area contributed by atoms with E-state index in [2.05, 4.69) is 21.1 Å². The van der Waals surface area contributed by atoms with Crippen molar-refractivity contribution in [1.82, 2.24) is 20.5 Å². The molecule has 3 heterocycles. The minimum Gasteiger partial charge on any atom is -0.497 e. The molecular weight excluding hydrogens is 937 g/mol. The average Bonchev–Trinajstić information content (AvgIpc) is 3.84. The van der Waals surface area contributed by atoms with E-state index in [9.17, 15) is 24.0 Å². The molecule has 3 amide bonds. The molecular formula is C51H52N6O11S2. The van der Waals surface area contributed by atoms with Gasteiger partial charge in [-0.2, -0.15) is 0 Å². The summed E-state index contributed by atoms with van der Waals surface area (Å²) in [5, 5.41) is 14.6. The van der Waals surface area contributed by atoms with Gasteiger partial charge in [-0.15, -0.1) is 23.1 Å². The third-order valence-corrected chi connectivity index (χ3v) is 12.9. The lowest BCUT2D eigenvalue weighted by atomic mass is 9.77. The van der Waals surface area contributed by atoms with Gasteiger partial charge in [0.05, 0.1) is 27.9 Å². The number of methoxy groups -OCH3 is 3. The van der Waals surface area contributed by atoms with Crippen molar-refractivity contribution in [1.29, 1.82) is 0 Å². The Labute approximate surface area is 413 Å². The number of hydrogen-bond donors (Lipinski definition) is 3. The zero-order chi connectivity index (χ0) is 49.8. The maximum atomic E-state index is 14.5. The van der Waals surface area contributed by atoms with Gasteiger partial charge in [0.25, 0.3) is 11.8 Å². The van der Waals surface area contributed by atoms with E-state index in [1.165, 1.54) is 55.4 Å². The van der Waals surface area contributed by atoms with E-state index in [0.717, 1.165) is 22.8 Å². The number of anilines is 1. The van der Waals surface area contributed by atoms with Crippen LogP contribution in [0.15, 0.2) is 143 Å². The molecule has 7 rings (SSSR count). The Balaban J connectivity index is 1.17. The van der Waals surface area contributed by atoms with E-state index >= 15 is 0 Å². The predicted octanol–water partition coefficient (Wildman–Crippen LogP) is 6.94. The third-order valence-electron chi connectivity index (χ3n) is 10.8. The van der Waals surface area contributed by atoms with Crippen LogP contribution < -0.4 is 25.4 Å². The SMILES string of the molecule is COC(=O)/C=C\C1=C(C(=O)OCc2ccc(OC)cc2OC)N2C(=O)[C@@H](NC(=O)/C(=N\OCCNC(=O)OC(C)(C)C)c3csc(NC(c4ccccc4)(c4ccccc4)c4ccccc4)n3)[C@H]2SC1. The van der Waals surface area contributed by atoms with Crippen molar-refractivity contribution < 1.29 is 52.5 Å². The monoisotopic (exact) mass is 988 g/mol. The van der Waals surface area contributed by atoms with Crippen LogP contribution in [0.25, 0.3) is 0 Å². The molecule has 1 saturated heterocycles. The molecule has 2 aliphatic heterocycles. The lowest BCUT2D eigenvalue weighted by molar-refractivity contribution is -0.153. The summed E-state index contributed by atoms with van der Waals surface area (Å²) in [5.74, 6) is -1.83. The lowest BCUT2D eigenvalue weighted by Gasteiger charge is -2.49. The quantitative estimate of drug-likeness (QED) is 0.0112. The number of β-lactam (4-membered cyclic amide) rings is 1. The number of alkyl carbamates (subject to hydrolysis) is 1. The molecule has 1 fully saturated rings. The molecule has 2 aliphatic rings. The van der Waals surface area contributed by atoms with E-state index in [-0.39, 0.29) is 42.6 Å². The van der Waals surface area contributed by atoms with Crippen molar-refractivity contribution in [3.63, 3.8) is 0 Å². The highest BCUT2D eigenvalue weighted by molar-refractivity contribution is 8.00. The Hall–Kier alpha value is -7.64. The summed E-state index contributed by atoms with van der Waals surface area (Å²) < 4.78 is 26.6. The van der Waals surface area contributed by atoms with E-state index in [1.54, 1.807) is 44.4 Å². The molecule has 5 aromatic rings. The second kappa shape index (κ2) is 22.6. The number of allylic oxidation sites excluding steroid dienone is 1. The van der Waals surface area contributed by atoms with Gasteiger partial charge in [0.1, 0.15) is 58.7 Å². The van der Waals surface area contributed by atoms with Gasteiger partial charge in [0.15, 0.2) is 10.8 Å². The number of amides is 3. The van der Waals surface area contributed by atoms with E-state index in [0.29, 0.717) is 27.8 Å². The highest BCUT2D eigenvalue weighted by Crippen LogP contribution is 2.43. The highest BCUT2D eigenvalue weighted by Gasteiger charge is 2.54. The van der Waals surface area contributed by atoms with Gasteiger partial charge in [-0.3, -0.25) is 14.5 Å². The molecule has 0 unspecified atom stereocenters. The number of carbonyl (C=O) groups excluding carboxylic acids is 5. The van der Waals surface area contributed by atoms with Gasteiger partial charge < -0.3 is 44.5 Å². The first kappa shape index (κ1) is 50.2. The fraction of sp³-hybridized carbons (Fsp3) is 0.275. The average molecular weight is 989 g/mol. The number of thioether (sulfide) groups is 1. The maximum absolute atomic E-state index is 14.5. The second-order valence-corrected chi connectivity index (χ2v) is 18.5. The minimum absolute atomic E-state index is 0.0110. The summed E-state index contributed by atoms with van der Waals surface area (Å²) in [6.45, 7) is 4.83. The van der Waals surface area contributed by atoms with Crippen molar-refractivity contribution in [2.24, 2.45) is 5.16 Å². The number of hydrogen-bond acceptors (Lipinski definition) is 16. The molecule has 0 saturated carbocycles. The Morgan fingerprint density at radius 2 is 1.51 bits per heavy atom. The van der Waals surface area contributed by atoms with Crippen LogP contribution in [0.3, 0.4) is 0 Å². The number of thiazole rings is 1. The number of benzene rings is 4. The Morgan fingerprint density at radius 3 is 2.10 bits per heavy atom. The number of oxime groups is 1. The van der Waals surface area contributed by atoms with Crippen LogP contribution in [-0.4, -0.2) is 103 Å². The molecule has 2 atom stereocenters. The molecule has 17 nitrogen and oxygen atoms in total. The fourth-order valence-corrected chi connectivity index (χ4v) is 9.67. The zero-order valence-corrected chi connectivity index (χ0v) is 40.9. The molecule has 0 bridgehead atoms. The molecule has 0 spiro atoms. The van der Waals surface area contributed by atoms with Crippen LogP contribution in [0.5, 0.6) is 11.5 Å². The van der Waals surface area contributed by atoms with Crippen molar-refractivity contribution in [2.75, 3.05) is 45.6 Å². The summed E-state index contributed by atoms with van der Waals surface area (Å²) in [6.07, 6.45) is 1.88. The van der Waals surface area contributed by atoms with Gasteiger partial charge in [0.2, 0.25) is 0 Å². The standard InChI is InChI=1S/C51H52N6O11S2/c1-50(2,3)68-49(62)52-26-27-67-56-41(38-31-70-48(53-38)55-51(34-16-10-7-11-17-34,35-18-12-8-13-19-35)36-20-14-9-15-21-36)44(59)54-42-45(60)57-43(33(30-69-46(42)57)23-25-40(58)65-6)47(61)66-29-32-22-24-37(63-4)28-39(32)64-5/h7-25,28,31,42,46H,26-27,29-30H2,1-6H3,(H,52,62)(H,53,55)(H,54,59)/b25-23-,56-41-/t42-,46-/m1/s1. The number of nitrogens with one attached hydrogen (secondary N) is 3. The Kier molecular flexibility index (Phi) is 16.3. The topological polar surface area (TPSA) is 205 Å². The van der Waals surface area contributed by atoms with Gasteiger partial charge in [-0.25, -0.2) is 19.4 Å². The summed E-state index contributed by atoms with van der Waals surface area (Å²) in [5.41, 5.74) is 1.74. The number of carbonyl (C=O) groups is 5. The van der Waals surface area contributed by atoms with Crippen molar-refractivity contribution in [3.05, 3.63) is 166 Å². The van der Waals surface area contributed by atoms with Crippen LogP contribution in [0.1, 0.15) is 48.7 Å². The van der Waals surface area contributed by atoms with Crippen LogP contribution in [0.2, 0.25) is 0 Å². The minimum atomic E-state index is -1.13. The number of rotatable bonds is 19. The maximum Gasteiger partial charge on any atom is 0.407 e. The molecule has 19 heteroatoms. The fourth-order valence-electron chi connectivity index (χ4n) is 7.60. The molecule has 0 radical (unpaired) electrons. The van der Waals surface area contributed by atoms with E-state index < -0.39 is 52.4 Å². The van der Waals surface area contributed by atoms with Crippen LogP contribution in [-0.2, 0) is 50.4 Å². The summed E-state index contributed by atoms with van der Waals surface area (Å²) in [4.78, 5) is 78.8. The first-order valence-corrected chi connectivity index (χ1v) is 23.9. The van der Waals surface area contributed by atoms with Crippen molar-refractivity contribution in [3.8, 4) is 11.5 Å². The molecule has 4 aromatic carbocycles. The number of ether oxygens (including phenoxy) is 5. The van der Waals surface area contributed by atoms with Gasteiger partial charge >= 0.3 is 18.0 Å². The molecule has 0 aliphatic carbocycles. The highest BCUT2D eigenvalue weighted by atomic mass is 32.2. The first-order chi connectivity index (χ1) is 33.8. The number of esters is 2. The molecule has 3 N–H and O–H groups in total. The number of nitrogens with zero attached hydrogens (tertiary/aromatic N) is 3. The molecule has 70 heavy (non-hydrogen) atoms. The number of fused-ring (bicyclic) bond motifs is 1. The summed E-state index contributed by atoms with van der Waals surface area (Å²) >= 11 is 2.50. The number of aromatic nitrogens is 1. The van der Waals surface area contributed by atoms with Crippen LogP contribution in [0.4, 0.5) is 9.93 Å². The smallest absolute Gasteiger partial charge is 0.407 e. The first-order valence-electron chi connectivity index (χ1n) is 22.0. The van der Waals surface area contributed by atoms with Crippen LogP contribution >= 0.6 is 23.1 Å². The Morgan fingerprint density at radius 1 is 0.871 bits per heavy atom. The molecule has 364 valence electrons. The predicted molar refractivity (Wildman–Crippen MR) is 264 cm³/mol. The lowest BCUT2D eigenvalue weighted by Crippen LogP contribution is -2.71.